The van der Waals surface area contributed by atoms with Gasteiger partial charge >= 0.3 is 0 Å². The molecule has 0 aliphatic carbocycles. The summed E-state index contributed by atoms with van der Waals surface area (Å²) in [6.07, 6.45) is 4.32. The number of hydrogen-bond donors (Lipinski definition) is 1. The third-order valence-electron chi connectivity index (χ3n) is 1.70. The van der Waals surface area contributed by atoms with Crippen LogP contribution >= 0.6 is 0 Å². The number of unbranched alkanes of at least 4 members (excludes halogenated alkanes) is 2. The van der Waals surface area contributed by atoms with Gasteiger partial charge in [0.25, 0.3) is 0 Å². The maximum absolute atomic E-state index is 11.0. The molecule has 0 aromatic carbocycles. The first kappa shape index (κ1) is 10.3. The summed E-state index contributed by atoms with van der Waals surface area (Å²) in [6.45, 7) is 3.95. The SMILES string of the molecule is CCCCCC(=O)C(=N)CC. The number of carbonyl (C=O) groups is 1. The average Bonchev–Trinajstić information content (AvgIpc) is 2.03. The molecule has 0 spiro atoms. The maximum atomic E-state index is 11.0. The van der Waals surface area contributed by atoms with Gasteiger partial charge in [-0.25, -0.2) is 0 Å². The Bertz CT molecular complexity index is 140. The first-order valence-electron chi connectivity index (χ1n) is 4.33. The highest BCUT2D eigenvalue weighted by Gasteiger charge is 2.05. The van der Waals surface area contributed by atoms with Crippen molar-refractivity contribution in [3.05, 3.63) is 0 Å². The van der Waals surface area contributed by atoms with Gasteiger partial charge in [-0.3, -0.25) is 4.79 Å². The molecule has 0 radical (unpaired) electrons. The molecule has 0 unspecified atom stereocenters. The van der Waals surface area contributed by atoms with Crippen LogP contribution in [0.4, 0.5) is 0 Å². The van der Waals surface area contributed by atoms with Gasteiger partial charge in [-0.15, -0.1) is 0 Å². The number of hydrogen-bond acceptors (Lipinski definition) is 2. The average molecular weight is 155 g/mol. The topological polar surface area (TPSA) is 40.9 Å². The van der Waals surface area contributed by atoms with E-state index in [0.29, 0.717) is 12.8 Å². The van der Waals surface area contributed by atoms with Crippen molar-refractivity contribution in [3.8, 4) is 0 Å². The van der Waals surface area contributed by atoms with Gasteiger partial charge in [0.05, 0.1) is 5.71 Å². The predicted molar refractivity (Wildman–Crippen MR) is 47.2 cm³/mol. The number of rotatable bonds is 6. The Hall–Kier alpha value is -0.660. The first-order chi connectivity index (χ1) is 5.22. The largest absolute Gasteiger partial charge is 0.302 e. The molecule has 11 heavy (non-hydrogen) atoms. The van der Waals surface area contributed by atoms with Gasteiger partial charge < -0.3 is 5.41 Å². The molecule has 0 bridgehead atoms. The van der Waals surface area contributed by atoms with Crippen molar-refractivity contribution < 1.29 is 4.79 Å². The van der Waals surface area contributed by atoms with E-state index in [1.807, 2.05) is 6.92 Å². The zero-order valence-electron chi connectivity index (χ0n) is 7.44. The van der Waals surface area contributed by atoms with Gasteiger partial charge in [0.2, 0.25) is 0 Å². The highest BCUT2D eigenvalue weighted by Crippen LogP contribution is 2.01. The lowest BCUT2D eigenvalue weighted by atomic mass is 10.1. The predicted octanol–water partition coefficient (Wildman–Crippen LogP) is 2.57. The highest BCUT2D eigenvalue weighted by molar-refractivity contribution is 6.38. The van der Waals surface area contributed by atoms with Gasteiger partial charge in [-0.1, -0.05) is 26.7 Å². The summed E-state index contributed by atoms with van der Waals surface area (Å²) in [5.41, 5.74) is 0.279. The maximum Gasteiger partial charge on any atom is 0.176 e. The minimum Gasteiger partial charge on any atom is -0.302 e. The van der Waals surface area contributed by atoms with Gasteiger partial charge in [-0.05, 0) is 12.8 Å². The first-order valence-corrected chi connectivity index (χ1v) is 4.33. The van der Waals surface area contributed by atoms with Crippen LogP contribution in [-0.4, -0.2) is 11.5 Å². The van der Waals surface area contributed by atoms with Crippen LogP contribution in [0.1, 0.15) is 46.0 Å². The minimum atomic E-state index is 0.0287. The van der Waals surface area contributed by atoms with Crippen molar-refractivity contribution in [2.24, 2.45) is 0 Å². The second kappa shape index (κ2) is 6.08. The van der Waals surface area contributed by atoms with Gasteiger partial charge in [0, 0.05) is 6.42 Å². The summed E-state index contributed by atoms with van der Waals surface area (Å²) in [5, 5.41) is 7.23. The molecule has 0 aliphatic rings. The molecule has 2 nitrogen and oxygen atoms in total. The van der Waals surface area contributed by atoms with E-state index in [0.717, 1.165) is 19.3 Å². The van der Waals surface area contributed by atoms with Crippen molar-refractivity contribution in [1.82, 2.24) is 0 Å². The Kier molecular flexibility index (Phi) is 5.71. The molecule has 0 aromatic heterocycles. The van der Waals surface area contributed by atoms with Crippen molar-refractivity contribution in [3.63, 3.8) is 0 Å². The fourth-order valence-corrected chi connectivity index (χ4v) is 0.884. The highest BCUT2D eigenvalue weighted by atomic mass is 16.1. The Morgan fingerprint density at radius 2 is 1.91 bits per heavy atom. The summed E-state index contributed by atoms with van der Waals surface area (Å²) in [7, 11) is 0. The molecule has 0 saturated carbocycles. The Morgan fingerprint density at radius 1 is 1.27 bits per heavy atom. The third-order valence-corrected chi connectivity index (χ3v) is 1.70. The van der Waals surface area contributed by atoms with E-state index in [-0.39, 0.29) is 11.5 Å². The van der Waals surface area contributed by atoms with Gasteiger partial charge in [-0.2, -0.15) is 0 Å². The lowest BCUT2D eigenvalue weighted by Crippen LogP contribution is -2.10. The number of ketones is 1. The fraction of sp³-hybridized carbons (Fsp3) is 0.778. The Morgan fingerprint density at radius 3 is 2.36 bits per heavy atom. The molecule has 0 aromatic rings. The summed E-state index contributed by atoms with van der Waals surface area (Å²) in [5.74, 6) is 0.0287. The second-order valence-corrected chi connectivity index (χ2v) is 2.71. The van der Waals surface area contributed by atoms with Crippen LogP contribution in [0.3, 0.4) is 0 Å². The van der Waals surface area contributed by atoms with Crippen molar-refractivity contribution in [2.45, 2.75) is 46.0 Å². The molecule has 0 saturated heterocycles. The van der Waals surface area contributed by atoms with E-state index in [4.69, 9.17) is 5.41 Å². The quantitative estimate of drug-likeness (QED) is 0.465. The van der Waals surface area contributed by atoms with Crippen LogP contribution in [0.15, 0.2) is 0 Å². The molecular weight excluding hydrogens is 138 g/mol. The lowest BCUT2D eigenvalue weighted by Gasteiger charge is -1.98. The van der Waals surface area contributed by atoms with E-state index in [9.17, 15) is 4.79 Å². The van der Waals surface area contributed by atoms with Crippen LogP contribution < -0.4 is 0 Å². The molecule has 0 heterocycles. The summed E-state index contributed by atoms with van der Waals surface area (Å²) in [6, 6.07) is 0. The lowest BCUT2D eigenvalue weighted by molar-refractivity contribution is -0.113. The van der Waals surface area contributed by atoms with E-state index in [1.54, 1.807) is 0 Å². The van der Waals surface area contributed by atoms with E-state index in [2.05, 4.69) is 6.92 Å². The van der Waals surface area contributed by atoms with Crippen LogP contribution in [0.25, 0.3) is 0 Å². The van der Waals surface area contributed by atoms with E-state index in [1.165, 1.54) is 0 Å². The van der Waals surface area contributed by atoms with E-state index < -0.39 is 0 Å². The molecular formula is C9H17NO. The molecule has 0 fully saturated rings. The third kappa shape index (κ3) is 4.71. The summed E-state index contributed by atoms with van der Waals surface area (Å²) >= 11 is 0. The van der Waals surface area contributed by atoms with Crippen molar-refractivity contribution in [2.75, 3.05) is 0 Å². The number of carbonyl (C=O) groups excluding carboxylic acids is 1. The fourth-order valence-electron chi connectivity index (χ4n) is 0.884. The van der Waals surface area contributed by atoms with Gasteiger partial charge in [0.1, 0.15) is 0 Å². The van der Waals surface area contributed by atoms with Crippen LogP contribution in [0, 0.1) is 5.41 Å². The zero-order chi connectivity index (χ0) is 8.69. The van der Waals surface area contributed by atoms with Crippen molar-refractivity contribution in [1.29, 1.82) is 5.41 Å². The smallest absolute Gasteiger partial charge is 0.176 e. The molecule has 64 valence electrons. The minimum absolute atomic E-state index is 0.0287. The summed E-state index contributed by atoms with van der Waals surface area (Å²) in [4.78, 5) is 11.0. The molecule has 1 N–H and O–H groups in total. The van der Waals surface area contributed by atoms with Gasteiger partial charge in [0.15, 0.2) is 5.78 Å². The van der Waals surface area contributed by atoms with Crippen LogP contribution in [0.5, 0.6) is 0 Å². The Labute approximate surface area is 68.5 Å². The molecule has 2 heteroatoms. The number of nitrogens with one attached hydrogen (secondary N) is 1. The summed E-state index contributed by atoms with van der Waals surface area (Å²) < 4.78 is 0. The zero-order valence-corrected chi connectivity index (χ0v) is 7.44. The molecule has 0 amide bonds. The Balaban J connectivity index is 3.44. The second-order valence-electron chi connectivity index (χ2n) is 2.71. The number of Topliss-reactive ketones (excluding diaryl/α,β-unsaturated/α-hetero) is 1. The molecule has 0 aliphatic heterocycles. The van der Waals surface area contributed by atoms with Crippen LogP contribution in [0.2, 0.25) is 0 Å². The molecule has 0 atom stereocenters. The van der Waals surface area contributed by atoms with E-state index >= 15 is 0 Å². The normalized spacial score (nSPS) is 9.64. The van der Waals surface area contributed by atoms with Crippen LogP contribution in [-0.2, 0) is 4.79 Å². The standard InChI is InChI=1S/C9H17NO/c1-3-5-6-7-9(11)8(10)4-2/h10H,3-7H2,1-2H3. The monoisotopic (exact) mass is 155 g/mol. The van der Waals surface area contributed by atoms with Crippen molar-refractivity contribution >= 4 is 11.5 Å². The molecule has 0 rings (SSSR count).